The second-order valence-electron chi connectivity index (χ2n) is 3.63. The van der Waals surface area contributed by atoms with Gasteiger partial charge in [0, 0.05) is 6.54 Å². The molecule has 18 heavy (non-hydrogen) atoms. The minimum absolute atomic E-state index is 0.219. The highest BCUT2D eigenvalue weighted by Crippen LogP contribution is 2.12. The normalized spacial score (nSPS) is 10.0. The first-order valence-electron chi connectivity index (χ1n) is 5.51. The van der Waals surface area contributed by atoms with Gasteiger partial charge in [-0.25, -0.2) is 4.98 Å². The molecule has 0 aliphatic carbocycles. The molecule has 0 bridgehead atoms. The summed E-state index contributed by atoms with van der Waals surface area (Å²) in [7, 11) is 0. The summed E-state index contributed by atoms with van der Waals surface area (Å²) in [5.74, 6) is 1.40. The Morgan fingerprint density at radius 2 is 2.33 bits per heavy atom. The van der Waals surface area contributed by atoms with Crippen molar-refractivity contribution in [2.45, 2.75) is 20.0 Å². The largest absolute Gasteiger partial charge is 0.396 e. The highest BCUT2D eigenvalue weighted by atomic mass is 15.3. The van der Waals surface area contributed by atoms with Crippen LogP contribution in [-0.4, -0.2) is 19.7 Å². The van der Waals surface area contributed by atoms with Crippen LogP contribution < -0.4 is 11.1 Å². The summed E-state index contributed by atoms with van der Waals surface area (Å²) in [5.41, 5.74) is 6.19. The first-order valence-corrected chi connectivity index (χ1v) is 5.51. The van der Waals surface area contributed by atoms with Crippen molar-refractivity contribution in [1.82, 2.24) is 19.7 Å². The molecule has 92 valence electrons. The van der Waals surface area contributed by atoms with Crippen molar-refractivity contribution in [3.05, 3.63) is 30.0 Å². The molecule has 0 amide bonds. The molecule has 0 radical (unpaired) electrons. The van der Waals surface area contributed by atoms with Crippen LogP contribution in [0.5, 0.6) is 0 Å². The van der Waals surface area contributed by atoms with E-state index in [0.29, 0.717) is 18.1 Å². The molecule has 0 saturated heterocycles. The number of nitriles is 1. The monoisotopic (exact) mass is 243 g/mol. The lowest BCUT2D eigenvalue weighted by atomic mass is 10.3. The van der Waals surface area contributed by atoms with E-state index in [-0.39, 0.29) is 5.69 Å². The Morgan fingerprint density at radius 1 is 1.50 bits per heavy atom. The van der Waals surface area contributed by atoms with Crippen LogP contribution in [0.1, 0.15) is 18.4 Å². The van der Waals surface area contributed by atoms with Gasteiger partial charge in [0.25, 0.3) is 0 Å². The fourth-order valence-corrected chi connectivity index (χ4v) is 1.51. The summed E-state index contributed by atoms with van der Waals surface area (Å²) in [6, 6.07) is 5.32. The van der Waals surface area contributed by atoms with E-state index >= 15 is 0 Å². The Kier molecular flexibility index (Phi) is 3.38. The summed E-state index contributed by atoms with van der Waals surface area (Å²) < 4.78 is 1.93. The molecule has 7 heteroatoms. The van der Waals surface area contributed by atoms with Gasteiger partial charge in [-0.15, -0.1) is 10.2 Å². The molecule has 0 fully saturated rings. The van der Waals surface area contributed by atoms with Crippen molar-refractivity contribution < 1.29 is 0 Å². The number of hydrogen-bond donors (Lipinski definition) is 2. The van der Waals surface area contributed by atoms with Crippen molar-refractivity contribution in [3.8, 4) is 6.07 Å². The SMILES string of the molecule is CCn1cnnc1CNc1ccc(N)c(C#N)n1. The number of hydrogen-bond acceptors (Lipinski definition) is 6. The number of pyridine rings is 1. The van der Waals surface area contributed by atoms with Crippen molar-refractivity contribution in [3.63, 3.8) is 0 Å². The van der Waals surface area contributed by atoms with Crippen LogP contribution in [0, 0.1) is 11.3 Å². The second kappa shape index (κ2) is 5.14. The van der Waals surface area contributed by atoms with E-state index < -0.39 is 0 Å². The molecule has 0 atom stereocenters. The van der Waals surface area contributed by atoms with Crippen molar-refractivity contribution >= 4 is 11.5 Å². The number of rotatable bonds is 4. The lowest BCUT2D eigenvalue weighted by molar-refractivity contribution is 0.707. The van der Waals surface area contributed by atoms with Gasteiger partial charge in [-0.1, -0.05) is 0 Å². The van der Waals surface area contributed by atoms with Gasteiger partial charge in [0.05, 0.1) is 12.2 Å². The summed E-state index contributed by atoms with van der Waals surface area (Å²) >= 11 is 0. The Morgan fingerprint density at radius 3 is 3.06 bits per heavy atom. The van der Waals surface area contributed by atoms with E-state index in [9.17, 15) is 0 Å². The highest BCUT2D eigenvalue weighted by Gasteiger charge is 2.05. The Labute approximate surface area is 104 Å². The molecule has 0 unspecified atom stereocenters. The number of aromatic nitrogens is 4. The molecule has 2 heterocycles. The van der Waals surface area contributed by atoms with Crippen LogP contribution in [0.3, 0.4) is 0 Å². The summed E-state index contributed by atoms with van der Waals surface area (Å²) in [4.78, 5) is 4.09. The third-order valence-electron chi connectivity index (χ3n) is 2.50. The molecule has 0 spiro atoms. The minimum atomic E-state index is 0.219. The molecular weight excluding hydrogens is 230 g/mol. The van der Waals surface area contributed by atoms with E-state index in [4.69, 9.17) is 11.0 Å². The Balaban J connectivity index is 2.09. The van der Waals surface area contributed by atoms with Crippen LogP contribution in [0.25, 0.3) is 0 Å². The van der Waals surface area contributed by atoms with Gasteiger partial charge in [-0.05, 0) is 19.1 Å². The molecule has 2 aromatic heterocycles. The maximum atomic E-state index is 8.83. The quantitative estimate of drug-likeness (QED) is 0.821. The van der Waals surface area contributed by atoms with Gasteiger partial charge >= 0.3 is 0 Å². The van der Waals surface area contributed by atoms with Gasteiger partial charge in [0.15, 0.2) is 11.5 Å². The average Bonchev–Trinajstić information content (AvgIpc) is 2.85. The molecular formula is C11H13N7. The predicted octanol–water partition coefficient (Wildman–Crippen LogP) is 0.759. The van der Waals surface area contributed by atoms with Crippen LogP contribution in [-0.2, 0) is 13.1 Å². The number of aryl methyl sites for hydroxylation is 1. The molecule has 0 aliphatic rings. The van der Waals surface area contributed by atoms with E-state index in [2.05, 4.69) is 20.5 Å². The van der Waals surface area contributed by atoms with Gasteiger partial charge in [-0.3, -0.25) is 0 Å². The van der Waals surface area contributed by atoms with E-state index in [1.807, 2.05) is 17.6 Å². The highest BCUT2D eigenvalue weighted by molar-refractivity contribution is 5.54. The fraction of sp³-hybridized carbons (Fsp3) is 0.273. The zero-order chi connectivity index (χ0) is 13.0. The summed E-state index contributed by atoms with van der Waals surface area (Å²) in [6.45, 7) is 3.32. The third-order valence-corrected chi connectivity index (χ3v) is 2.50. The number of nitrogens with two attached hydrogens (primary N) is 1. The maximum Gasteiger partial charge on any atom is 0.165 e. The van der Waals surface area contributed by atoms with Crippen molar-refractivity contribution in [1.29, 1.82) is 5.26 Å². The van der Waals surface area contributed by atoms with Crippen LogP contribution >= 0.6 is 0 Å². The van der Waals surface area contributed by atoms with Gasteiger partial charge in [0.1, 0.15) is 18.2 Å². The van der Waals surface area contributed by atoms with Crippen molar-refractivity contribution in [2.75, 3.05) is 11.1 Å². The third kappa shape index (κ3) is 2.38. The van der Waals surface area contributed by atoms with E-state index in [1.54, 1.807) is 18.5 Å². The van der Waals surface area contributed by atoms with Gasteiger partial charge in [0.2, 0.25) is 0 Å². The van der Waals surface area contributed by atoms with E-state index in [0.717, 1.165) is 12.4 Å². The zero-order valence-electron chi connectivity index (χ0n) is 9.96. The molecule has 0 saturated carbocycles. The smallest absolute Gasteiger partial charge is 0.165 e. The number of nitrogens with zero attached hydrogens (tertiary/aromatic N) is 5. The molecule has 0 aliphatic heterocycles. The van der Waals surface area contributed by atoms with Crippen LogP contribution in [0.2, 0.25) is 0 Å². The molecule has 2 aromatic rings. The standard InChI is InChI=1S/C11H13N7/c1-2-18-7-15-17-11(18)6-14-10-4-3-8(13)9(5-12)16-10/h3-4,7H,2,6,13H2,1H3,(H,14,16). The summed E-state index contributed by atoms with van der Waals surface area (Å²) in [5, 5.41) is 19.7. The van der Waals surface area contributed by atoms with Crippen molar-refractivity contribution in [2.24, 2.45) is 0 Å². The number of nitrogens with one attached hydrogen (secondary N) is 1. The first-order chi connectivity index (χ1) is 8.74. The average molecular weight is 243 g/mol. The molecule has 3 N–H and O–H groups in total. The predicted molar refractivity (Wildman–Crippen MR) is 66.4 cm³/mol. The molecule has 7 nitrogen and oxygen atoms in total. The molecule has 2 rings (SSSR count). The van der Waals surface area contributed by atoms with Gasteiger partial charge < -0.3 is 15.6 Å². The Hall–Kier alpha value is -2.62. The maximum absolute atomic E-state index is 8.83. The zero-order valence-corrected chi connectivity index (χ0v) is 9.96. The number of anilines is 2. The van der Waals surface area contributed by atoms with Crippen LogP contribution in [0.15, 0.2) is 18.5 Å². The number of nitrogen functional groups attached to an aromatic ring is 1. The molecule has 0 aromatic carbocycles. The first kappa shape index (κ1) is 11.9. The van der Waals surface area contributed by atoms with Crippen LogP contribution in [0.4, 0.5) is 11.5 Å². The lowest BCUT2D eigenvalue weighted by Crippen LogP contribution is -2.09. The van der Waals surface area contributed by atoms with E-state index in [1.165, 1.54) is 0 Å². The lowest BCUT2D eigenvalue weighted by Gasteiger charge is -2.07. The topological polar surface area (TPSA) is 105 Å². The summed E-state index contributed by atoms with van der Waals surface area (Å²) in [6.07, 6.45) is 1.67. The Bertz CT molecular complexity index is 581. The minimum Gasteiger partial charge on any atom is -0.396 e. The fourth-order valence-electron chi connectivity index (χ4n) is 1.51. The second-order valence-corrected chi connectivity index (χ2v) is 3.63. The van der Waals surface area contributed by atoms with Gasteiger partial charge in [-0.2, -0.15) is 5.26 Å².